The summed E-state index contributed by atoms with van der Waals surface area (Å²) in [5, 5.41) is 11.6. The molecule has 1 N–H and O–H groups in total. The summed E-state index contributed by atoms with van der Waals surface area (Å²) in [6.45, 7) is 3.73. The van der Waals surface area contributed by atoms with E-state index in [4.69, 9.17) is 5.26 Å². The molecule has 0 spiro atoms. The van der Waals surface area contributed by atoms with Crippen molar-refractivity contribution in [2.75, 3.05) is 13.6 Å². The minimum absolute atomic E-state index is 0.331. The average Bonchev–Trinajstić information content (AvgIpc) is 2.98. The van der Waals surface area contributed by atoms with Crippen molar-refractivity contribution in [3.05, 3.63) is 70.8 Å². The fourth-order valence-corrected chi connectivity index (χ4v) is 3.41. The molecule has 2 aromatic rings. The van der Waals surface area contributed by atoms with Gasteiger partial charge in [-0.3, -0.25) is 14.5 Å². The molecule has 7 heteroatoms. The van der Waals surface area contributed by atoms with Gasteiger partial charge < -0.3 is 10.2 Å². The SMILES string of the molecule is CCc1ccc(CN(C)C(=O)CN2C(=O)NC(C)(c3ccc(C#N)cc3)C2=O)cc1. The maximum absolute atomic E-state index is 13.0. The molecule has 0 aliphatic carbocycles. The van der Waals surface area contributed by atoms with Crippen molar-refractivity contribution in [2.45, 2.75) is 32.4 Å². The molecule has 1 aliphatic heterocycles. The predicted molar refractivity (Wildman–Crippen MR) is 111 cm³/mol. The van der Waals surface area contributed by atoms with Crippen molar-refractivity contribution in [3.8, 4) is 6.07 Å². The lowest BCUT2D eigenvalue weighted by Gasteiger charge is -2.23. The summed E-state index contributed by atoms with van der Waals surface area (Å²) >= 11 is 0. The Morgan fingerprint density at radius 1 is 1.10 bits per heavy atom. The highest BCUT2D eigenvalue weighted by Gasteiger charge is 2.49. The molecule has 1 aliphatic rings. The van der Waals surface area contributed by atoms with E-state index in [9.17, 15) is 14.4 Å². The molecule has 2 aromatic carbocycles. The zero-order chi connectivity index (χ0) is 21.9. The molecule has 3 rings (SSSR count). The van der Waals surface area contributed by atoms with Gasteiger partial charge >= 0.3 is 6.03 Å². The molecule has 30 heavy (non-hydrogen) atoms. The Labute approximate surface area is 175 Å². The van der Waals surface area contributed by atoms with E-state index in [-0.39, 0.29) is 12.5 Å². The van der Waals surface area contributed by atoms with Crippen LogP contribution in [0.15, 0.2) is 48.5 Å². The van der Waals surface area contributed by atoms with Gasteiger partial charge in [-0.15, -0.1) is 0 Å². The number of imide groups is 1. The summed E-state index contributed by atoms with van der Waals surface area (Å²) < 4.78 is 0. The maximum atomic E-state index is 13.0. The number of likely N-dealkylation sites (N-methyl/N-ethyl adjacent to an activating group) is 1. The molecule has 0 saturated carbocycles. The minimum Gasteiger partial charge on any atom is -0.340 e. The number of nitrogens with one attached hydrogen (secondary N) is 1. The highest BCUT2D eigenvalue weighted by molar-refractivity contribution is 6.09. The van der Waals surface area contributed by atoms with Gasteiger partial charge in [-0.05, 0) is 42.2 Å². The van der Waals surface area contributed by atoms with E-state index >= 15 is 0 Å². The van der Waals surface area contributed by atoms with Crippen LogP contribution < -0.4 is 5.32 Å². The molecule has 0 aromatic heterocycles. The van der Waals surface area contributed by atoms with Crippen molar-refractivity contribution in [1.29, 1.82) is 5.26 Å². The standard InChI is InChI=1S/C23H24N4O3/c1-4-16-5-7-18(8-6-16)14-26(3)20(28)15-27-21(29)23(2,25-22(27)30)19-11-9-17(13-24)10-12-19/h5-12H,4,14-15H2,1-3H3,(H,25,30). The van der Waals surface area contributed by atoms with Gasteiger partial charge in [0, 0.05) is 13.6 Å². The molecule has 1 unspecified atom stereocenters. The second-order valence-electron chi connectivity index (χ2n) is 7.56. The summed E-state index contributed by atoms with van der Waals surface area (Å²) in [5.41, 5.74) is 1.93. The van der Waals surface area contributed by atoms with Gasteiger partial charge in [0.15, 0.2) is 0 Å². The number of nitrogens with zero attached hydrogens (tertiary/aromatic N) is 3. The number of hydrogen-bond acceptors (Lipinski definition) is 4. The Bertz CT molecular complexity index is 1010. The van der Waals surface area contributed by atoms with E-state index in [1.165, 1.54) is 10.5 Å². The van der Waals surface area contributed by atoms with Gasteiger partial charge in [0.05, 0.1) is 11.6 Å². The normalized spacial score (nSPS) is 18.1. The number of rotatable bonds is 6. The van der Waals surface area contributed by atoms with Gasteiger partial charge in [0.1, 0.15) is 12.1 Å². The lowest BCUT2D eigenvalue weighted by atomic mass is 9.91. The summed E-state index contributed by atoms with van der Waals surface area (Å²) in [6, 6.07) is 15.8. The molecule has 0 bridgehead atoms. The fourth-order valence-electron chi connectivity index (χ4n) is 3.41. The van der Waals surface area contributed by atoms with Crippen molar-refractivity contribution in [3.63, 3.8) is 0 Å². The zero-order valence-corrected chi connectivity index (χ0v) is 17.3. The number of amides is 4. The van der Waals surface area contributed by atoms with Crippen LogP contribution in [0.3, 0.4) is 0 Å². The van der Waals surface area contributed by atoms with E-state index in [1.807, 2.05) is 30.3 Å². The van der Waals surface area contributed by atoms with Crippen LogP contribution in [0.2, 0.25) is 0 Å². The van der Waals surface area contributed by atoms with Crippen LogP contribution in [0.5, 0.6) is 0 Å². The minimum atomic E-state index is -1.28. The van der Waals surface area contributed by atoms with Crippen LogP contribution >= 0.6 is 0 Å². The number of urea groups is 1. The van der Waals surface area contributed by atoms with Crippen molar-refractivity contribution in [2.24, 2.45) is 0 Å². The predicted octanol–water partition coefficient (Wildman–Crippen LogP) is 2.55. The maximum Gasteiger partial charge on any atom is 0.325 e. The van der Waals surface area contributed by atoms with Crippen molar-refractivity contribution >= 4 is 17.8 Å². The number of carbonyl (C=O) groups excluding carboxylic acids is 3. The van der Waals surface area contributed by atoms with E-state index in [0.717, 1.165) is 16.9 Å². The van der Waals surface area contributed by atoms with Crippen molar-refractivity contribution in [1.82, 2.24) is 15.1 Å². The highest BCUT2D eigenvalue weighted by Crippen LogP contribution is 2.29. The summed E-state index contributed by atoms with van der Waals surface area (Å²) in [7, 11) is 1.65. The fraction of sp³-hybridized carbons (Fsp3) is 0.304. The topological polar surface area (TPSA) is 93.5 Å². The summed E-state index contributed by atoms with van der Waals surface area (Å²) in [5.74, 6) is -0.826. The van der Waals surface area contributed by atoms with Gasteiger partial charge in [0.2, 0.25) is 5.91 Å². The van der Waals surface area contributed by atoms with Crippen LogP contribution in [0.25, 0.3) is 0 Å². The summed E-state index contributed by atoms with van der Waals surface area (Å²) in [6.07, 6.45) is 0.944. The third kappa shape index (κ3) is 4.03. The molecule has 1 atom stereocenters. The molecule has 1 heterocycles. The smallest absolute Gasteiger partial charge is 0.325 e. The summed E-state index contributed by atoms with van der Waals surface area (Å²) in [4.78, 5) is 40.5. The monoisotopic (exact) mass is 404 g/mol. The number of carbonyl (C=O) groups is 3. The lowest BCUT2D eigenvalue weighted by Crippen LogP contribution is -2.43. The Kier molecular flexibility index (Phi) is 5.88. The Morgan fingerprint density at radius 2 is 1.70 bits per heavy atom. The van der Waals surface area contributed by atoms with E-state index in [1.54, 1.807) is 38.2 Å². The Hall–Kier alpha value is -3.66. The third-order valence-electron chi connectivity index (χ3n) is 5.44. The van der Waals surface area contributed by atoms with Crippen LogP contribution in [-0.2, 0) is 28.1 Å². The first kappa shape index (κ1) is 21.1. The first-order chi connectivity index (χ1) is 14.3. The second-order valence-corrected chi connectivity index (χ2v) is 7.56. The number of aryl methyl sites for hydroxylation is 1. The quantitative estimate of drug-likeness (QED) is 0.749. The lowest BCUT2D eigenvalue weighted by molar-refractivity contribution is -0.138. The molecule has 0 radical (unpaired) electrons. The van der Waals surface area contributed by atoms with Gasteiger partial charge in [-0.25, -0.2) is 4.79 Å². The van der Waals surface area contributed by atoms with E-state index in [2.05, 4.69) is 12.2 Å². The Morgan fingerprint density at radius 3 is 2.27 bits per heavy atom. The average molecular weight is 404 g/mol. The van der Waals surface area contributed by atoms with Crippen LogP contribution in [0.4, 0.5) is 4.79 Å². The first-order valence-corrected chi connectivity index (χ1v) is 9.75. The highest BCUT2D eigenvalue weighted by atomic mass is 16.2. The van der Waals surface area contributed by atoms with Crippen LogP contribution in [-0.4, -0.2) is 41.2 Å². The number of hydrogen-bond donors (Lipinski definition) is 1. The van der Waals surface area contributed by atoms with Crippen LogP contribution in [0.1, 0.15) is 36.1 Å². The van der Waals surface area contributed by atoms with Gasteiger partial charge in [-0.1, -0.05) is 43.3 Å². The molecule has 1 saturated heterocycles. The van der Waals surface area contributed by atoms with E-state index in [0.29, 0.717) is 17.7 Å². The number of benzene rings is 2. The molecular formula is C23H24N4O3. The molecule has 4 amide bonds. The number of nitriles is 1. The van der Waals surface area contributed by atoms with Gasteiger partial charge in [-0.2, -0.15) is 5.26 Å². The van der Waals surface area contributed by atoms with E-state index < -0.39 is 17.5 Å². The molecular weight excluding hydrogens is 380 g/mol. The van der Waals surface area contributed by atoms with Crippen molar-refractivity contribution < 1.29 is 14.4 Å². The second kappa shape index (κ2) is 8.37. The first-order valence-electron chi connectivity index (χ1n) is 9.75. The Balaban J connectivity index is 1.69. The molecule has 7 nitrogen and oxygen atoms in total. The largest absolute Gasteiger partial charge is 0.340 e. The van der Waals surface area contributed by atoms with Crippen LogP contribution in [0, 0.1) is 11.3 Å². The van der Waals surface area contributed by atoms with Gasteiger partial charge in [0.25, 0.3) is 5.91 Å². The molecule has 154 valence electrons. The zero-order valence-electron chi connectivity index (χ0n) is 17.3. The third-order valence-corrected chi connectivity index (χ3v) is 5.44. The molecule has 1 fully saturated rings.